The second kappa shape index (κ2) is 7.58. The van der Waals surface area contributed by atoms with Gasteiger partial charge < -0.3 is 19.7 Å². The number of rotatable bonds is 4. The fraction of sp³-hybridized carbons (Fsp3) is 0.500. The minimum Gasteiger partial charge on any atom is -0.360 e. The highest BCUT2D eigenvalue weighted by Crippen LogP contribution is 2.20. The molecule has 9 heteroatoms. The molecule has 3 heterocycles. The Hall–Kier alpha value is -1.90. The zero-order valence-electron chi connectivity index (χ0n) is 13.2. The predicted molar refractivity (Wildman–Crippen MR) is 87.5 cm³/mol. The Morgan fingerprint density at radius 1 is 1.57 bits per heavy atom. The highest BCUT2D eigenvalue weighted by Gasteiger charge is 2.28. The van der Waals surface area contributed by atoms with Crippen LogP contribution in [0.25, 0.3) is 0 Å². The molecule has 3 rings (SSSR count). The van der Waals surface area contributed by atoms with Crippen LogP contribution in [-0.2, 0) is 11.8 Å². The summed E-state index contributed by atoms with van der Waals surface area (Å²) in [5.41, 5.74) is 0. The number of nitrogens with one attached hydrogen (secondary N) is 2. The lowest BCUT2D eigenvalue weighted by Crippen LogP contribution is -2.49. The molecule has 1 amide bonds. The van der Waals surface area contributed by atoms with Gasteiger partial charge >= 0.3 is 0 Å². The van der Waals surface area contributed by atoms with E-state index >= 15 is 0 Å². The molecule has 2 aromatic heterocycles. The highest BCUT2D eigenvalue weighted by molar-refractivity contribution is 5.91. The molecule has 2 N–H and O–H groups in total. The number of piperazine rings is 1. The van der Waals surface area contributed by atoms with Gasteiger partial charge in [-0.25, -0.2) is 4.98 Å². The largest absolute Gasteiger partial charge is 0.360 e. The van der Waals surface area contributed by atoms with E-state index in [0.29, 0.717) is 18.1 Å². The highest BCUT2D eigenvalue weighted by atomic mass is 35.5. The Balaban J connectivity index is 0.00000192. The van der Waals surface area contributed by atoms with Gasteiger partial charge in [-0.15, -0.1) is 12.4 Å². The summed E-state index contributed by atoms with van der Waals surface area (Å²) in [5.74, 6) is 1.97. The van der Waals surface area contributed by atoms with Crippen LogP contribution in [0.2, 0.25) is 0 Å². The number of hydrogen-bond acceptors (Lipinski definition) is 6. The van der Waals surface area contributed by atoms with Crippen LogP contribution in [0.4, 0.5) is 5.82 Å². The Morgan fingerprint density at radius 2 is 2.39 bits per heavy atom. The summed E-state index contributed by atoms with van der Waals surface area (Å²) in [6.45, 7) is 4.52. The summed E-state index contributed by atoms with van der Waals surface area (Å²) in [6.07, 6.45) is 3.70. The number of imidazole rings is 1. The van der Waals surface area contributed by atoms with Crippen LogP contribution in [0.5, 0.6) is 0 Å². The molecule has 1 aliphatic rings. The van der Waals surface area contributed by atoms with E-state index in [1.165, 1.54) is 0 Å². The van der Waals surface area contributed by atoms with Crippen molar-refractivity contribution in [3.63, 3.8) is 0 Å². The molecule has 2 aromatic rings. The average molecular weight is 341 g/mol. The van der Waals surface area contributed by atoms with Gasteiger partial charge in [0.15, 0.2) is 5.82 Å². The molecule has 0 spiro atoms. The number of amides is 1. The lowest BCUT2D eigenvalue weighted by atomic mass is 10.1. The van der Waals surface area contributed by atoms with Crippen molar-refractivity contribution in [3.05, 3.63) is 30.0 Å². The van der Waals surface area contributed by atoms with E-state index in [1.54, 1.807) is 19.2 Å². The molecule has 1 atom stereocenters. The van der Waals surface area contributed by atoms with Crippen molar-refractivity contribution in [1.82, 2.24) is 24.9 Å². The second-order valence-electron chi connectivity index (χ2n) is 5.46. The van der Waals surface area contributed by atoms with Crippen LogP contribution < -0.4 is 10.6 Å². The number of nitrogens with zero attached hydrogens (tertiary/aromatic N) is 4. The minimum atomic E-state index is -0.102. The number of halogens is 1. The molecule has 1 fully saturated rings. The SMILES string of the molecule is Cc1cc(NC(=O)CN2CCNCC2c2nccn2C)no1.Cl. The smallest absolute Gasteiger partial charge is 0.239 e. The van der Waals surface area contributed by atoms with Gasteiger partial charge in [0, 0.05) is 45.1 Å². The average Bonchev–Trinajstić information content (AvgIpc) is 3.08. The van der Waals surface area contributed by atoms with Crippen molar-refractivity contribution in [3.8, 4) is 0 Å². The molecule has 1 saturated heterocycles. The third-order valence-corrected chi connectivity index (χ3v) is 3.75. The van der Waals surface area contributed by atoms with Crippen molar-refractivity contribution in [1.29, 1.82) is 0 Å². The summed E-state index contributed by atoms with van der Waals surface area (Å²) >= 11 is 0. The molecule has 0 saturated carbocycles. The summed E-state index contributed by atoms with van der Waals surface area (Å²) in [4.78, 5) is 18.7. The van der Waals surface area contributed by atoms with E-state index < -0.39 is 0 Å². The maximum Gasteiger partial charge on any atom is 0.239 e. The first kappa shape index (κ1) is 17.5. The normalized spacial score (nSPS) is 18.4. The van der Waals surface area contributed by atoms with Gasteiger partial charge in [0.1, 0.15) is 11.6 Å². The number of carbonyl (C=O) groups excluding carboxylic acids is 1. The maximum absolute atomic E-state index is 12.2. The Labute approximate surface area is 140 Å². The summed E-state index contributed by atoms with van der Waals surface area (Å²) < 4.78 is 6.94. The monoisotopic (exact) mass is 340 g/mol. The molecular formula is C14H21ClN6O2. The fourth-order valence-electron chi connectivity index (χ4n) is 2.68. The van der Waals surface area contributed by atoms with Crippen molar-refractivity contribution in [2.45, 2.75) is 13.0 Å². The van der Waals surface area contributed by atoms with Gasteiger partial charge in [-0.1, -0.05) is 5.16 Å². The Bertz CT molecular complexity index is 655. The Kier molecular flexibility index (Phi) is 5.75. The van der Waals surface area contributed by atoms with E-state index in [0.717, 1.165) is 25.5 Å². The van der Waals surface area contributed by atoms with Gasteiger partial charge in [0.05, 0.1) is 12.6 Å². The first-order valence-corrected chi connectivity index (χ1v) is 7.28. The molecule has 0 radical (unpaired) electrons. The number of aromatic nitrogens is 3. The molecule has 126 valence electrons. The molecule has 1 aliphatic heterocycles. The van der Waals surface area contributed by atoms with Crippen molar-refractivity contribution in [2.75, 3.05) is 31.5 Å². The summed E-state index contributed by atoms with van der Waals surface area (Å²) in [7, 11) is 1.97. The molecule has 1 unspecified atom stereocenters. The van der Waals surface area contributed by atoms with E-state index in [2.05, 4.69) is 25.7 Å². The maximum atomic E-state index is 12.2. The van der Waals surface area contributed by atoms with Crippen LogP contribution in [0.3, 0.4) is 0 Å². The van der Waals surface area contributed by atoms with Crippen LogP contribution in [0.15, 0.2) is 23.0 Å². The second-order valence-corrected chi connectivity index (χ2v) is 5.46. The van der Waals surface area contributed by atoms with Crippen molar-refractivity contribution >= 4 is 24.1 Å². The van der Waals surface area contributed by atoms with Crippen LogP contribution >= 0.6 is 12.4 Å². The molecule has 8 nitrogen and oxygen atoms in total. The van der Waals surface area contributed by atoms with Crippen molar-refractivity contribution < 1.29 is 9.32 Å². The molecule has 0 aromatic carbocycles. The van der Waals surface area contributed by atoms with Gasteiger partial charge in [-0.2, -0.15) is 0 Å². The van der Waals surface area contributed by atoms with Crippen molar-refractivity contribution in [2.24, 2.45) is 7.05 Å². The molecule has 0 bridgehead atoms. The zero-order valence-corrected chi connectivity index (χ0v) is 14.0. The number of carbonyl (C=O) groups is 1. The molecule has 0 aliphatic carbocycles. The predicted octanol–water partition coefficient (Wildman–Crippen LogP) is 0.723. The van der Waals surface area contributed by atoms with Crippen LogP contribution in [0, 0.1) is 6.92 Å². The van der Waals surface area contributed by atoms with Gasteiger partial charge in [-0.05, 0) is 6.92 Å². The number of hydrogen-bond donors (Lipinski definition) is 2. The zero-order chi connectivity index (χ0) is 15.5. The van der Waals surface area contributed by atoms with Gasteiger partial charge in [-0.3, -0.25) is 9.69 Å². The first-order valence-electron chi connectivity index (χ1n) is 7.28. The minimum absolute atomic E-state index is 0. The quantitative estimate of drug-likeness (QED) is 0.852. The van der Waals surface area contributed by atoms with Crippen LogP contribution in [-0.4, -0.2) is 51.7 Å². The topological polar surface area (TPSA) is 88.2 Å². The number of aryl methyl sites for hydroxylation is 2. The Morgan fingerprint density at radius 3 is 3.04 bits per heavy atom. The third-order valence-electron chi connectivity index (χ3n) is 3.75. The van der Waals surface area contributed by atoms with Gasteiger partial charge in [0.2, 0.25) is 5.91 Å². The van der Waals surface area contributed by atoms with E-state index in [9.17, 15) is 4.79 Å². The summed E-state index contributed by atoms with van der Waals surface area (Å²) in [5, 5.41) is 9.89. The fourth-order valence-corrected chi connectivity index (χ4v) is 2.68. The van der Waals surface area contributed by atoms with Crippen LogP contribution in [0.1, 0.15) is 17.6 Å². The molecular weight excluding hydrogens is 320 g/mol. The molecule has 23 heavy (non-hydrogen) atoms. The van der Waals surface area contributed by atoms with Gasteiger partial charge in [0.25, 0.3) is 0 Å². The van der Waals surface area contributed by atoms with E-state index in [1.807, 2.05) is 17.8 Å². The summed E-state index contributed by atoms with van der Waals surface area (Å²) in [6, 6.07) is 1.78. The standard InChI is InChI=1S/C14H20N6O2.ClH/c1-10-7-12(18-22-10)17-13(21)9-20-6-3-15-8-11(20)14-16-4-5-19(14)2;/h4-5,7,11,15H,3,6,8-9H2,1-2H3,(H,17,18,21);1H. The lowest BCUT2D eigenvalue weighted by Gasteiger charge is -2.35. The first-order chi connectivity index (χ1) is 10.6. The lowest BCUT2D eigenvalue weighted by molar-refractivity contribution is -0.118. The van der Waals surface area contributed by atoms with E-state index in [4.69, 9.17) is 4.52 Å². The van der Waals surface area contributed by atoms with E-state index in [-0.39, 0.29) is 24.4 Å². The third kappa shape index (κ3) is 4.10. The number of anilines is 1.